The zero-order valence-electron chi connectivity index (χ0n) is 16.5. The summed E-state index contributed by atoms with van der Waals surface area (Å²) in [5.41, 5.74) is 0.754. The van der Waals surface area contributed by atoms with E-state index in [1.807, 2.05) is 0 Å². The molecule has 9 heteroatoms. The van der Waals surface area contributed by atoms with Crippen molar-refractivity contribution in [2.75, 3.05) is 0 Å². The molecule has 0 radical (unpaired) electrons. The Morgan fingerprint density at radius 3 is 1.74 bits per heavy atom. The Morgan fingerprint density at radius 2 is 1.10 bits per heavy atom. The molecule has 0 aliphatic rings. The minimum atomic E-state index is -0.893. The molecule has 0 amide bonds. The Bertz CT molecular complexity index is 1700. The Hall–Kier alpha value is -3.78. The number of H-pyrrole nitrogens is 1. The Kier molecular flexibility index (Phi) is 3.51. The average Bonchev–Trinajstić information content (AvgIpc) is 3.07. The van der Waals surface area contributed by atoms with Crippen LogP contribution in [0.1, 0.15) is 16.7 Å². The third-order valence-electron chi connectivity index (χ3n) is 6.27. The maximum absolute atomic E-state index is 13.7. The lowest BCUT2D eigenvalue weighted by Gasteiger charge is -2.11. The summed E-state index contributed by atoms with van der Waals surface area (Å²) in [4.78, 5) is 16.7. The molecule has 0 saturated carbocycles. The number of aromatic nitrogens is 1. The molecule has 0 spiro atoms. The molecule has 7 N–H and O–H groups in total. The maximum atomic E-state index is 13.7. The van der Waals surface area contributed by atoms with E-state index in [-0.39, 0.29) is 43.0 Å². The highest BCUT2D eigenvalue weighted by Crippen LogP contribution is 2.55. The zero-order chi connectivity index (χ0) is 22.7. The van der Waals surface area contributed by atoms with E-state index in [9.17, 15) is 35.4 Å². The van der Waals surface area contributed by atoms with Crippen molar-refractivity contribution in [3.63, 3.8) is 0 Å². The molecule has 8 nitrogen and oxygen atoms in total. The van der Waals surface area contributed by atoms with E-state index in [1.54, 1.807) is 13.8 Å². The van der Waals surface area contributed by atoms with Crippen LogP contribution in [0.2, 0.25) is 5.02 Å². The fourth-order valence-electron chi connectivity index (χ4n) is 4.45. The van der Waals surface area contributed by atoms with E-state index < -0.39 is 45.3 Å². The fraction of sp³-hybridized carbons (Fsp3) is 0.136. The van der Waals surface area contributed by atoms with Crippen LogP contribution >= 0.6 is 11.6 Å². The second-order valence-electron chi connectivity index (χ2n) is 7.73. The second kappa shape index (κ2) is 5.67. The molecule has 1 aromatic heterocycles. The zero-order valence-corrected chi connectivity index (χ0v) is 17.2. The maximum Gasteiger partial charge on any atom is 0.203 e. The number of halogens is 1. The van der Waals surface area contributed by atoms with Gasteiger partial charge in [-0.1, -0.05) is 11.6 Å². The summed E-state index contributed by atoms with van der Waals surface area (Å²) in [6, 6.07) is 0. The van der Waals surface area contributed by atoms with Crippen LogP contribution in [0, 0.1) is 20.8 Å². The summed E-state index contributed by atoms with van der Waals surface area (Å²) < 4.78 is 0. The van der Waals surface area contributed by atoms with Gasteiger partial charge in [0.1, 0.15) is 5.75 Å². The SMILES string of the molecule is Cc1c(O)c(O)c2c(c1O)c(=O)c1c(Cl)c(C)c(C)c3[nH]c4c(O)c(O)c(O)c2c4c31. The topological polar surface area (TPSA) is 154 Å². The van der Waals surface area contributed by atoms with Crippen LogP contribution in [-0.4, -0.2) is 35.6 Å². The van der Waals surface area contributed by atoms with Crippen molar-refractivity contribution >= 4 is 55.0 Å². The predicted molar refractivity (Wildman–Crippen MR) is 117 cm³/mol. The van der Waals surface area contributed by atoms with Crippen LogP contribution in [0.3, 0.4) is 0 Å². The van der Waals surface area contributed by atoms with Crippen molar-refractivity contribution in [1.29, 1.82) is 0 Å². The van der Waals surface area contributed by atoms with Gasteiger partial charge in [-0.25, -0.2) is 0 Å². The molecule has 0 aliphatic carbocycles. The summed E-state index contributed by atoms with van der Waals surface area (Å²) in [7, 11) is 0. The van der Waals surface area contributed by atoms with Crippen molar-refractivity contribution in [2.45, 2.75) is 20.8 Å². The van der Waals surface area contributed by atoms with Crippen LogP contribution < -0.4 is 5.43 Å². The summed E-state index contributed by atoms with van der Waals surface area (Å²) in [5.74, 6) is -4.46. The van der Waals surface area contributed by atoms with Gasteiger partial charge < -0.3 is 35.6 Å². The lowest BCUT2D eigenvalue weighted by Crippen LogP contribution is -2.02. The fourth-order valence-corrected chi connectivity index (χ4v) is 4.78. The number of aromatic hydroxyl groups is 6. The van der Waals surface area contributed by atoms with Gasteiger partial charge in [0.2, 0.25) is 5.75 Å². The van der Waals surface area contributed by atoms with Gasteiger partial charge in [0.15, 0.2) is 28.4 Å². The van der Waals surface area contributed by atoms with Crippen LogP contribution in [0.5, 0.6) is 34.5 Å². The van der Waals surface area contributed by atoms with Crippen LogP contribution in [0.25, 0.3) is 43.4 Å². The van der Waals surface area contributed by atoms with E-state index in [0.29, 0.717) is 16.6 Å². The molecule has 0 aliphatic heterocycles. The number of rotatable bonds is 0. The average molecular weight is 442 g/mol. The number of hydrogen-bond donors (Lipinski definition) is 7. The first-order chi connectivity index (χ1) is 14.5. The van der Waals surface area contributed by atoms with Crippen molar-refractivity contribution in [1.82, 2.24) is 4.98 Å². The monoisotopic (exact) mass is 441 g/mol. The molecule has 5 rings (SSSR count). The van der Waals surface area contributed by atoms with Gasteiger partial charge in [0.25, 0.3) is 0 Å². The molecule has 1 heterocycles. The quantitative estimate of drug-likeness (QED) is 0.140. The Balaban J connectivity index is 2.44. The van der Waals surface area contributed by atoms with E-state index in [1.165, 1.54) is 6.92 Å². The van der Waals surface area contributed by atoms with E-state index >= 15 is 0 Å². The van der Waals surface area contributed by atoms with E-state index in [0.717, 1.165) is 0 Å². The third kappa shape index (κ3) is 1.98. The van der Waals surface area contributed by atoms with Crippen LogP contribution in [0.15, 0.2) is 4.79 Å². The highest BCUT2D eigenvalue weighted by atomic mass is 35.5. The molecule has 5 aromatic rings. The molecule has 0 atom stereocenters. The minimum absolute atomic E-state index is 0.00436. The number of nitrogens with one attached hydrogen (secondary N) is 1. The number of fused-ring (bicyclic) bond motifs is 2. The molecule has 0 bridgehead atoms. The standard InChI is InChI=1S/C22H16ClNO7/c1-4-5(2)14-8-7-9(20(29)22(31)21(30)15(7)24-14)10-12(18(27)11(8)13(4)23)16(25)6(3)17(26)19(10)28/h24-26,28-31H,1-3H3. The lowest BCUT2D eigenvalue weighted by molar-refractivity contribution is 0.373. The van der Waals surface area contributed by atoms with Crippen molar-refractivity contribution in [3.8, 4) is 34.5 Å². The summed E-state index contributed by atoms with van der Waals surface area (Å²) in [5, 5.41) is 63.0. The van der Waals surface area contributed by atoms with Gasteiger partial charge in [-0.05, 0) is 31.9 Å². The molecular formula is C22H16ClNO7. The van der Waals surface area contributed by atoms with Gasteiger partial charge >= 0.3 is 0 Å². The largest absolute Gasteiger partial charge is 0.507 e. The number of aromatic amines is 1. The van der Waals surface area contributed by atoms with Gasteiger partial charge in [-0.3, -0.25) is 4.79 Å². The van der Waals surface area contributed by atoms with Crippen molar-refractivity contribution < 1.29 is 30.6 Å². The normalized spacial score (nSPS) is 12.1. The molecule has 0 fully saturated rings. The third-order valence-corrected chi connectivity index (χ3v) is 6.74. The Morgan fingerprint density at radius 1 is 0.548 bits per heavy atom. The van der Waals surface area contributed by atoms with Gasteiger partial charge in [-0.2, -0.15) is 0 Å². The summed E-state index contributed by atoms with van der Waals surface area (Å²) >= 11 is 6.57. The smallest absolute Gasteiger partial charge is 0.203 e. The summed E-state index contributed by atoms with van der Waals surface area (Å²) in [6.07, 6.45) is 0. The first kappa shape index (κ1) is 19.2. The van der Waals surface area contributed by atoms with Crippen molar-refractivity contribution in [2.24, 2.45) is 0 Å². The van der Waals surface area contributed by atoms with Crippen LogP contribution in [-0.2, 0) is 0 Å². The first-order valence-electron chi connectivity index (χ1n) is 9.23. The summed E-state index contributed by atoms with van der Waals surface area (Å²) in [6.45, 7) is 4.76. The molecule has 31 heavy (non-hydrogen) atoms. The number of hydrogen-bond acceptors (Lipinski definition) is 7. The number of phenols is 6. The molecular weight excluding hydrogens is 426 g/mol. The van der Waals surface area contributed by atoms with E-state index in [4.69, 9.17) is 11.6 Å². The molecule has 0 unspecified atom stereocenters. The highest BCUT2D eigenvalue weighted by Gasteiger charge is 2.30. The minimum Gasteiger partial charge on any atom is -0.507 e. The first-order valence-corrected chi connectivity index (χ1v) is 9.61. The Labute approximate surface area is 178 Å². The lowest BCUT2D eigenvalue weighted by atomic mass is 9.99. The molecule has 158 valence electrons. The number of aryl methyl sites for hydroxylation is 1. The number of benzene rings is 3. The van der Waals surface area contributed by atoms with Gasteiger partial charge in [0, 0.05) is 27.1 Å². The van der Waals surface area contributed by atoms with Crippen molar-refractivity contribution in [3.05, 3.63) is 31.9 Å². The highest BCUT2D eigenvalue weighted by molar-refractivity contribution is 6.41. The van der Waals surface area contributed by atoms with Gasteiger partial charge in [0.05, 0.1) is 26.8 Å². The molecule has 0 saturated heterocycles. The second-order valence-corrected chi connectivity index (χ2v) is 8.11. The number of phenolic OH excluding ortho intramolecular Hbond substituents is 6. The van der Waals surface area contributed by atoms with E-state index in [2.05, 4.69) is 4.98 Å². The van der Waals surface area contributed by atoms with Crippen LogP contribution in [0.4, 0.5) is 0 Å². The predicted octanol–water partition coefficient (Wildman–Crippen LogP) is 4.24. The molecule has 4 aromatic carbocycles. The van der Waals surface area contributed by atoms with Gasteiger partial charge in [-0.15, -0.1) is 0 Å².